The number of rotatable bonds is 9. The van der Waals surface area contributed by atoms with Crippen LogP contribution in [0.2, 0.25) is 0 Å². The predicted octanol–water partition coefficient (Wildman–Crippen LogP) is 3.78. The van der Waals surface area contributed by atoms with Crippen LogP contribution in [-0.2, 0) is 6.42 Å². The quantitative estimate of drug-likeness (QED) is 0.230. The van der Waals surface area contributed by atoms with E-state index in [9.17, 15) is 0 Å². The van der Waals surface area contributed by atoms with Crippen molar-refractivity contribution in [2.45, 2.75) is 25.7 Å². The molecule has 4 rings (SSSR count). The lowest BCUT2D eigenvalue weighted by molar-refractivity contribution is 0.336. The molecule has 0 radical (unpaired) electrons. The fourth-order valence-electron chi connectivity index (χ4n) is 3.95. The number of likely N-dealkylation sites (tertiary alicyclic amines) is 1. The first-order valence-corrected chi connectivity index (χ1v) is 12.8. The van der Waals surface area contributed by atoms with Crippen molar-refractivity contribution >= 4 is 50.6 Å². The second-order valence-electron chi connectivity index (χ2n) is 8.46. The van der Waals surface area contributed by atoms with E-state index in [4.69, 9.17) is 16.9 Å². The van der Waals surface area contributed by atoms with Crippen molar-refractivity contribution in [2.24, 2.45) is 21.5 Å². The Morgan fingerprint density at radius 1 is 1.14 bits per heavy atom. The van der Waals surface area contributed by atoms with Crippen LogP contribution in [0.1, 0.15) is 30.5 Å². The van der Waals surface area contributed by atoms with E-state index in [1.807, 2.05) is 30.3 Å². The number of hydrogen-bond donors (Lipinski definition) is 3. The van der Waals surface area contributed by atoms with Crippen molar-refractivity contribution in [3.63, 3.8) is 0 Å². The third kappa shape index (κ3) is 7.43. The first-order chi connectivity index (χ1) is 17.6. The molecule has 0 aromatic carbocycles. The van der Waals surface area contributed by atoms with Gasteiger partial charge in [-0.15, -0.1) is 0 Å². The largest absolute Gasteiger partial charge is 0.404 e. The molecule has 3 aromatic heterocycles. The molecule has 1 aliphatic rings. The Balaban J connectivity index is 1.39. The maximum atomic E-state index is 8.17. The van der Waals surface area contributed by atoms with Crippen LogP contribution in [0.4, 0.5) is 5.82 Å². The lowest BCUT2D eigenvalue weighted by atomic mass is 10.1. The first kappa shape index (κ1) is 25.5. The Kier molecular flexibility index (Phi) is 9.12. The third-order valence-electron chi connectivity index (χ3n) is 5.75. The number of allylic oxidation sites excluding steroid dienone is 1. The molecule has 0 atom stereocenters. The van der Waals surface area contributed by atoms with Gasteiger partial charge in [-0.25, -0.2) is 9.98 Å². The monoisotopic (exact) mass is 501 g/mol. The summed E-state index contributed by atoms with van der Waals surface area (Å²) in [6, 6.07) is 11.1. The molecule has 0 spiro atoms. The molecule has 36 heavy (non-hydrogen) atoms. The van der Waals surface area contributed by atoms with Crippen molar-refractivity contribution in [3.8, 4) is 0 Å². The topological polar surface area (TPSA) is 143 Å². The van der Waals surface area contributed by atoms with E-state index < -0.39 is 0 Å². The fraction of sp³-hybridized carbons (Fsp3) is 0.308. The highest BCUT2D eigenvalue weighted by atomic mass is 32.2. The van der Waals surface area contributed by atoms with Gasteiger partial charge in [0.2, 0.25) is 0 Å². The molecule has 3 aromatic rings. The number of hydrogen-bond acceptors (Lipinski definition) is 9. The summed E-state index contributed by atoms with van der Waals surface area (Å²) in [4.78, 5) is 24.8. The van der Waals surface area contributed by atoms with E-state index >= 15 is 0 Å². The summed E-state index contributed by atoms with van der Waals surface area (Å²) in [5.41, 5.74) is 15.8. The molecule has 0 aliphatic carbocycles. The van der Waals surface area contributed by atoms with Gasteiger partial charge in [0, 0.05) is 54.6 Å². The zero-order valence-electron chi connectivity index (χ0n) is 20.2. The molecule has 0 unspecified atom stereocenters. The van der Waals surface area contributed by atoms with E-state index in [1.165, 1.54) is 32.1 Å². The fourth-order valence-corrected chi connectivity index (χ4v) is 4.56. The maximum Gasteiger partial charge on any atom is 0.166 e. The molecule has 0 amide bonds. The second kappa shape index (κ2) is 12.9. The van der Waals surface area contributed by atoms with Crippen molar-refractivity contribution < 1.29 is 0 Å². The van der Waals surface area contributed by atoms with Crippen LogP contribution >= 0.6 is 11.8 Å². The van der Waals surface area contributed by atoms with Gasteiger partial charge in [-0.1, -0.05) is 6.07 Å². The molecule has 0 bridgehead atoms. The Morgan fingerprint density at radius 3 is 2.78 bits per heavy atom. The minimum Gasteiger partial charge on any atom is -0.404 e. The van der Waals surface area contributed by atoms with E-state index in [0.717, 1.165) is 53.6 Å². The van der Waals surface area contributed by atoms with Gasteiger partial charge in [-0.3, -0.25) is 20.4 Å². The molecule has 186 valence electrons. The van der Waals surface area contributed by atoms with Gasteiger partial charge in [-0.05, 0) is 81.0 Å². The maximum absolute atomic E-state index is 8.17. The van der Waals surface area contributed by atoms with Crippen LogP contribution in [0.5, 0.6) is 0 Å². The molecule has 1 fully saturated rings. The highest BCUT2D eigenvalue weighted by Crippen LogP contribution is 2.21. The van der Waals surface area contributed by atoms with Crippen LogP contribution in [0.3, 0.4) is 0 Å². The van der Waals surface area contributed by atoms with Crippen molar-refractivity contribution in [1.29, 1.82) is 5.41 Å². The molecule has 1 saturated heterocycles. The van der Waals surface area contributed by atoms with Crippen molar-refractivity contribution in [1.82, 2.24) is 19.9 Å². The highest BCUT2D eigenvalue weighted by Gasteiger charge is 2.10. The van der Waals surface area contributed by atoms with Crippen molar-refractivity contribution in [2.75, 3.05) is 26.2 Å². The SMILES string of the molecule is N=C(Cc1ccccn1)SC(N)=Nc1ccc2ncc(C(C=NCCCN3CCCC3)=CN)cc2n1. The van der Waals surface area contributed by atoms with Gasteiger partial charge in [-0.2, -0.15) is 0 Å². The number of thioether (sulfide) groups is 1. The summed E-state index contributed by atoms with van der Waals surface area (Å²) >= 11 is 1.10. The molecule has 0 saturated carbocycles. The van der Waals surface area contributed by atoms with Gasteiger partial charge in [0.25, 0.3) is 0 Å². The van der Waals surface area contributed by atoms with Gasteiger partial charge < -0.3 is 16.4 Å². The van der Waals surface area contributed by atoms with Gasteiger partial charge in [0.15, 0.2) is 11.0 Å². The van der Waals surface area contributed by atoms with Crippen LogP contribution in [0.15, 0.2) is 65.0 Å². The highest BCUT2D eigenvalue weighted by molar-refractivity contribution is 8.26. The second-order valence-corrected chi connectivity index (χ2v) is 9.58. The minimum atomic E-state index is 0.246. The minimum absolute atomic E-state index is 0.246. The zero-order chi connectivity index (χ0) is 25.2. The van der Waals surface area contributed by atoms with Gasteiger partial charge in [0.1, 0.15) is 0 Å². The average molecular weight is 502 g/mol. The number of nitrogens with one attached hydrogen (secondary N) is 1. The standard InChI is InChI=1S/C26H31N9S/c27-16-20(17-30-9-5-13-35-11-3-4-12-35)19-14-23-22(32-18-19)7-8-25(33-23)34-26(29)36-24(28)15-21-6-1-2-10-31-21/h1-2,6-8,10,14,16-18,28H,3-5,9,11-13,15,27H2,(H2,29,33,34). The zero-order valence-corrected chi connectivity index (χ0v) is 21.0. The number of nitrogens with two attached hydrogens (primary N) is 2. The molecular formula is C26H31N9S. The lowest BCUT2D eigenvalue weighted by Gasteiger charge is -2.12. The first-order valence-electron chi connectivity index (χ1n) is 12.0. The molecular weight excluding hydrogens is 470 g/mol. The normalized spacial score (nSPS) is 15.2. The lowest BCUT2D eigenvalue weighted by Crippen LogP contribution is -2.20. The summed E-state index contributed by atoms with van der Waals surface area (Å²) < 4.78 is 0. The molecule has 10 heteroatoms. The Bertz CT molecular complexity index is 1260. The molecule has 9 nitrogen and oxygen atoms in total. The number of nitrogens with zero attached hydrogens (tertiary/aromatic N) is 6. The molecule has 5 N–H and O–H groups in total. The smallest absolute Gasteiger partial charge is 0.166 e. The Hall–Kier alpha value is -3.63. The molecule has 4 heterocycles. The van der Waals surface area contributed by atoms with Crippen LogP contribution in [0.25, 0.3) is 16.6 Å². The van der Waals surface area contributed by atoms with Crippen LogP contribution in [-0.4, -0.2) is 62.5 Å². The van der Waals surface area contributed by atoms with Crippen LogP contribution < -0.4 is 11.5 Å². The predicted molar refractivity (Wildman–Crippen MR) is 150 cm³/mol. The van der Waals surface area contributed by atoms with Crippen molar-refractivity contribution in [3.05, 3.63) is 66.2 Å². The number of fused-ring (bicyclic) bond motifs is 1. The van der Waals surface area contributed by atoms with Gasteiger partial charge >= 0.3 is 0 Å². The summed E-state index contributed by atoms with van der Waals surface area (Å²) in [6.07, 6.45) is 10.9. The van der Waals surface area contributed by atoms with Crippen LogP contribution in [0, 0.1) is 5.41 Å². The summed E-state index contributed by atoms with van der Waals surface area (Å²) in [7, 11) is 0. The average Bonchev–Trinajstić information content (AvgIpc) is 3.40. The number of pyridine rings is 3. The number of aromatic nitrogens is 3. The Morgan fingerprint density at radius 2 is 2.00 bits per heavy atom. The number of amidine groups is 1. The van der Waals surface area contributed by atoms with E-state index in [0.29, 0.717) is 22.8 Å². The number of aliphatic imine (C=N–C) groups is 2. The van der Waals surface area contributed by atoms with E-state index in [1.54, 1.807) is 24.7 Å². The van der Waals surface area contributed by atoms with E-state index in [-0.39, 0.29) is 5.17 Å². The Labute approximate surface area is 215 Å². The summed E-state index contributed by atoms with van der Waals surface area (Å²) in [6.45, 7) is 4.26. The van der Waals surface area contributed by atoms with E-state index in [2.05, 4.69) is 29.8 Å². The molecule has 1 aliphatic heterocycles. The summed E-state index contributed by atoms with van der Waals surface area (Å²) in [5.74, 6) is 0.450. The van der Waals surface area contributed by atoms with Gasteiger partial charge in [0.05, 0.1) is 16.1 Å². The third-order valence-corrected chi connectivity index (χ3v) is 6.44. The summed E-state index contributed by atoms with van der Waals surface area (Å²) in [5, 5.41) is 8.78.